The maximum absolute atomic E-state index is 5.39. The largest absolute Gasteiger partial charge is 0.467 e. The number of aromatic nitrogens is 2. The molecule has 2 rings (SSSR count). The van der Waals surface area contributed by atoms with Crippen molar-refractivity contribution in [3.8, 4) is 0 Å². The van der Waals surface area contributed by atoms with E-state index in [9.17, 15) is 0 Å². The first-order valence-corrected chi connectivity index (χ1v) is 7.07. The molecule has 0 fully saturated rings. The maximum Gasteiger partial charge on any atom is 0.137 e. The van der Waals surface area contributed by atoms with Crippen LogP contribution in [0.4, 0.5) is 11.6 Å². The highest BCUT2D eigenvalue weighted by Crippen LogP contribution is 2.24. The Kier molecular flexibility index (Phi) is 4.98. The van der Waals surface area contributed by atoms with Gasteiger partial charge in [-0.05, 0) is 25.0 Å². The molecule has 0 unspecified atom stereocenters. The quantitative estimate of drug-likeness (QED) is 0.841. The van der Waals surface area contributed by atoms with E-state index in [2.05, 4.69) is 34.0 Å². The third-order valence-electron chi connectivity index (χ3n) is 3.15. The molecule has 0 amide bonds. The van der Waals surface area contributed by atoms with Gasteiger partial charge in [0.25, 0.3) is 0 Å². The molecule has 108 valence electrons. The highest BCUT2D eigenvalue weighted by molar-refractivity contribution is 5.58. The summed E-state index contributed by atoms with van der Waals surface area (Å²) < 4.78 is 5.39. The van der Waals surface area contributed by atoms with Crippen LogP contribution in [0.1, 0.15) is 31.6 Å². The summed E-state index contributed by atoms with van der Waals surface area (Å²) in [6, 6.07) is 3.87. The van der Waals surface area contributed by atoms with Crippen molar-refractivity contribution in [1.82, 2.24) is 9.97 Å². The molecular formula is C15H22N4O. The van der Waals surface area contributed by atoms with Crippen LogP contribution in [0, 0.1) is 0 Å². The molecule has 5 heteroatoms. The molecule has 5 nitrogen and oxygen atoms in total. The van der Waals surface area contributed by atoms with Gasteiger partial charge in [-0.25, -0.2) is 9.97 Å². The first-order valence-electron chi connectivity index (χ1n) is 7.07. The summed E-state index contributed by atoms with van der Waals surface area (Å²) in [6.45, 7) is 5.89. The molecule has 0 aliphatic rings. The molecule has 0 bridgehead atoms. The van der Waals surface area contributed by atoms with Crippen LogP contribution in [-0.4, -0.2) is 23.6 Å². The molecule has 2 aromatic heterocycles. The minimum atomic E-state index is 0.699. The van der Waals surface area contributed by atoms with Gasteiger partial charge in [0.2, 0.25) is 0 Å². The molecule has 1 N–H and O–H groups in total. The van der Waals surface area contributed by atoms with E-state index in [0.717, 1.165) is 42.3 Å². The van der Waals surface area contributed by atoms with Crippen molar-refractivity contribution in [2.24, 2.45) is 0 Å². The van der Waals surface area contributed by atoms with Gasteiger partial charge in [0.15, 0.2) is 0 Å². The van der Waals surface area contributed by atoms with Gasteiger partial charge in [-0.3, -0.25) is 0 Å². The van der Waals surface area contributed by atoms with Crippen LogP contribution < -0.4 is 10.2 Å². The molecule has 20 heavy (non-hydrogen) atoms. The van der Waals surface area contributed by atoms with Gasteiger partial charge in [-0.15, -0.1) is 0 Å². The van der Waals surface area contributed by atoms with E-state index in [1.165, 1.54) is 0 Å². The topological polar surface area (TPSA) is 54.2 Å². The molecule has 2 heterocycles. The third-order valence-corrected chi connectivity index (χ3v) is 3.15. The molecular weight excluding hydrogens is 252 g/mol. The lowest BCUT2D eigenvalue weighted by atomic mass is 10.2. The molecule has 0 spiro atoms. The SMILES string of the molecule is CCCNc1ncnc(N(C)Cc2ccco2)c1CC. The van der Waals surface area contributed by atoms with Gasteiger partial charge in [0.05, 0.1) is 12.8 Å². The van der Waals surface area contributed by atoms with E-state index in [1.54, 1.807) is 12.6 Å². The Bertz CT molecular complexity index is 525. The number of nitrogens with one attached hydrogen (secondary N) is 1. The Balaban J connectivity index is 2.21. The second kappa shape index (κ2) is 6.93. The van der Waals surface area contributed by atoms with Crippen LogP contribution in [0.25, 0.3) is 0 Å². The molecule has 0 aliphatic carbocycles. The van der Waals surface area contributed by atoms with Gasteiger partial charge in [0, 0.05) is 19.2 Å². The Morgan fingerprint density at radius 1 is 1.30 bits per heavy atom. The lowest BCUT2D eigenvalue weighted by Crippen LogP contribution is -2.20. The van der Waals surface area contributed by atoms with E-state index < -0.39 is 0 Å². The van der Waals surface area contributed by atoms with Crippen LogP contribution in [0.5, 0.6) is 0 Å². The van der Waals surface area contributed by atoms with Gasteiger partial charge in [-0.2, -0.15) is 0 Å². The van der Waals surface area contributed by atoms with E-state index in [1.807, 2.05) is 19.2 Å². The van der Waals surface area contributed by atoms with Gasteiger partial charge >= 0.3 is 0 Å². The van der Waals surface area contributed by atoms with Crippen molar-refractivity contribution in [3.05, 3.63) is 36.0 Å². The molecule has 2 aromatic rings. The molecule has 0 aliphatic heterocycles. The van der Waals surface area contributed by atoms with Crippen LogP contribution in [-0.2, 0) is 13.0 Å². The predicted octanol–water partition coefficient (Wildman–Crippen LogP) is 3.09. The summed E-state index contributed by atoms with van der Waals surface area (Å²) in [5, 5.41) is 3.37. The molecule has 0 atom stereocenters. The Morgan fingerprint density at radius 2 is 2.15 bits per heavy atom. The monoisotopic (exact) mass is 274 g/mol. The average molecular weight is 274 g/mol. The summed E-state index contributed by atoms with van der Waals surface area (Å²) in [7, 11) is 2.02. The minimum Gasteiger partial charge on any atom is -0.467 e. The fraction of sp³-hybridized carbons (Fsp3) is 0.467. The summed E-state index contributed by atoms with van der Waals surface area (Å²) in [4.78, 5) is 10.9. The van der Waals surface area contributed by atoms with Crippen molar-refractivity contribution in [2.45, 2.75) is 33.2 Å². The second-order valence-electron chi connectivity index (χ2n) is 4.74. The van der Waals surface area contributed by atoms with Crippen molar-refractivity contribution < 1.29 is 4.42 Å². The van der Waals surface area contributed by atoms with Crippen LogP contribution in [0.15, 0.2) is 29.1 Å². The van der Waals surface area contributed by atoms with E-state index in [0.29, 0.717) is 6.54 Å². The van der Waals surface area contributed by atoms with Crippen molar-refractivity contribution >= 4 is 11.6 Å². The summed E-state index contributed by atoms with van der Waals surface area (Å²) >= 11 is 0. The van der Waals surface area contributed by atoms with Crippen LogP contribution in [0.3, 0.4) is 0 Å². The first-order chi connectivity index (χ1) is 9.76. The summed E-state index contributed by atoms with van der Waals surface area (Å²) in [5.41, 5.74) is 1.15. The molecule has 0 radical (unpaired) electrons. The van der Waals surface area contributed by atoms with Gasteiger partial charge in [0.1, 0.15) is 23.7 Å². The fourth-order valence-corrected chi connectivity index (χ4v) is 2.16. The minimum absolute atomic E-state index is 0.699. The number of rotatable bonds is 7. The predicted molar refractivity (Wildman–Crippen MR) is 81.0 cm³/mol. The number of furan rings is 1. The highest BCUT2D eigenvalue weighted by Gasteiger charge is 2.14. The zero-order valence-corrected chi connectivity index (χ0v) is 12.4. The number of anilines is 2. The van der Waals surface area contributed by atoms with E-state index in [-0.39, 0.29) is 0 Å². The average Bonchev–Trinajstić information content (AvgIpc) is 2.97. The normalized spacial score (nSPS) is 10.6. The Morgan fingerprint density at radius 3 is 2.80 bits per heavy atom. The van der Waals surface area contributed by atoms with Crippen molar-refractivity contribution in [3.63, 3.8) is 0 Å². The highest BCUT2D eigenvalue weighted by atomic mass is 16.3. The van der Waals surface area contributed by atoms with E-state index in [4.69, 9.17) is 4.42 Å². The first kappa shape index (κ1) is 14.4. The molecule has 0 saturated heterocycles. The lowest BCUT2D eigenvalue weighted by molar-refractivity contribution is 0.506. The second-order valence-corrected chi connectivity index (χ2v) is 4.74. The van der Waals surface area contributed by atoms with Gasteiger partial charge in [-0.1, -0.05) is 13.8 Å². The van der Waals surface area contributed by atoms with Crippen molar-refractivity contribution in [1.29, 1.82) is 0 Å². The number of nitrogens with zero attached hydrogens (tertiary/aromatic N) is 3. The van der Waals surface area contributed by atoms with Crippen LogP contribution >= 0.6 is 0 Å². The Labute approximate surface area is 120 Å². The molecule has 0 saturated carbocycles. The lowest BCUT2D eigenvalue weighted by Gasteiger charge is -2.21. The maximum atomic E-state index is 5.39. The fourth-order valence-electron chi connectivity index (χ4n) is 2.16. The zero-order valence-electron chi connectivity index (χ0n) is 12.4. The summed E-state index contributed by atoms with van der Waals surface area (Å²) in [5.74, 6) is 2.82. The number of hydrogen-bond acceptors (Lipinski definition) is 5. The van der Waals surface area contributed by atoms with E-state index >= 15 is 0 Å². The summed E-state index contributed by atoms with van der Waals surface area (Å²) in [6.07, 6.45) is 5.28. The van der Waals surface area contributed by atoms with Gasteiger partial charge < -0.3 is 14.6 Å². The standard InChI is InChI=1S/C15H22N4O/c1-4-8-16-14-13(5-2)15(18-11-17-14)19(3)10-12-7-6-9-20-12/h6-7,9,11H,4-5,8,10H2,1-3H3,(H,16,17,18). The Hall–Kier alpha value is -2.04. The smallest absolute Gasteiger partial charge is 0.137 e. The third kappa shape index (κ3) is 3.29. The number of hydrogen-bond donors (Lipinski definition) is 1. The molecule has 0 aromatic carbocycles. The van der Waals surface area contributed by atoms with Crippen molar-refractivity contribution in [2.75, 3.05) is 23.8 Å². The van der Waals surface area contributed by atoms with Crippen LogP contribution in [0.2, 0.25) is 0 Å². The zero-order chi connectivity index (χ0) is 14.4.